The van der Waals surface area contributed by atoms with Gasteiger partial charge in [0.2, 0.25) is 0 Å². The monoisotopic (exact) mass is 232 g/mol. The summed E-state index contributed by atoms with van der Waals surface area (Å²) < 4.78 is 1.74. The van der Waals surface area contributed by atoms with Gasteiger partial charge >= 0.3 is 0 Å². The van der Waals surface area contributed by atoms with E-state index in [1.54, 1.807) is 4.68 Å². The van der Waals surface area contributed by atoms with Crippen LogP contribution in [0.4, 0.5) is 0 Å². The molecule has 0 spiro atoms. The van der Waals surface area contributed by atoms with Crippen LogP contribution >= 0.6 is 23.4 Å². The Bertz CT molecular complexity index is 307. The van der Waals surface area contributed by atoms with Gasteiger partial charge in [0.25, 0.3) is 0 Å². The maximum atomic E-state index is 6.12. The maximum Gasteiger partial charge on any atom is 0.131 e. The van der Waals surface area contributed by atoms with Crippen molar-refractivity contribution in [3.63, 3.8) is 0 Å². The third kappa shape index (κ3) is 2.92. The first-order valence-electron chi connectivity index (χ1n) is 4.78. The fraction of sp³-hybridized carbons (Fsp3) is 0.700. The zero-order valence-corrected chi connectivity index (χ0v) is 10.7. The minimum Gasteiger partial charge on any atom is -0.257 e. The molecule has 1 heterocycles. The Morgan fingerprint density at radius 2 is 2.14 bits per heavy atom. The number of hydrogen-bond acceptors (Lipinski definition) is 2. The Balaban J connectivity index is 2.58. The molecule has 0 saturated carbocycles. The lowest BCUT2D eigenvalue weighted by Gasteiger charge is -2.04. The third-order valence-corrected chi connectivity index (χ3v) is 3.84. The largest absolute Gasteiger partial charge is 0.257 e. The highest BCUT2D eigenvalue weighted by Crippen LogP contribution is 2.24. The fourth-order valence-corrected chi connectivity index (χ4v) is 2.69. The third-order valence-electron chi connectivity index (χ3n) is 1.97. The van der Waals surface area contributed by atoms with Crippen molar-refractivity contribution >= 4 is 23.4 Å². The van der Waals surface area contributed by atoms with Gasteiger partial charge in [-0.2, -0.15) is 16.9 Å². The van der Waals surface area contributed by atoms with E-state index in [9.17, 15) is 0 Å². The van der Waals surface area contributed by atoms with Crippen LogP contribution in [0, 0.1) is 12.8 Å². The zero-order chi connectivity index (χ0) is 10.7. The normalized spacial score (nSPS) is 11.3. The van der Waals surface area contributed by atoms with Crippen molar-refractivity contribution in [1.82, 2.24) is 9.78 Å². The smallest absolute Gasteiger partial charge is 0.131 e. The summed E-state index contributed by atoms with van der Waals surface area (Å²) >= 11 is 8.03. The molecule has 0 aliphatic heterocycles. The summed E-state index contributed by atoms with van der Waals surface area (Å²) in [6.45, 7) is 6.46. The van der Waals surface area contributed by atoms with E-state index in [0.717, 1.165) is 22.5 Å². The van der Waals surface area contributed by atoms with Crippen LogP contribution in [-0.2, 0) is 12.8 Å². The molecule has 0 N–H and O–H groups in total. The minimum atomic E-state index is 0.732. The van der Waals surface area contributed by atoms with Crippen LogP contribution in [0.2, 0.25) is 5.15 Å². The number of aryl methyl sites for hydroxylation is 2. The highest BCUT2D eigenvalue weighted by atomic mass is 35.5. The Morgan fingerprint density at radius 1 is 1.50 bits per heavy atom. The molecule has 0 fully saturated rings. The van der Waals surface area contributed by atoms with Crippen molar-refractivity contribution in [2.24, 2.45) is 13.0 Å². The van der Waals surface area contributed by atoms with Crippen LogP contribution in [0.1, 0.15) is 25.1 Å². The number of rotatable bonds is 4. The van der Waals surface area contributed by atoms with Crippen LogP contribution < -0.4 is 0 Å². The molecule has 0 atom stereocenters. The highest BCUT2D eigenvalue weighted by Gasteiger charge is 2.10. The molecule has 0 bridgehead atoms. The molecule has 0 aliphatic rings. The van der Waals surface area contributed by atoms with Crippen molar-refractivity contribution in [2.75, 3.05) is 5.75 Å². The molecule has 2 nitrogen and oxygen atoms in total. The summed E-state index contributed by atoms with van der Waals surface area (Å²) in [5, 5.41) is 5.06. The first-order valence-corrected chi connectivity index (χ1v) is 6.31. The van der Waals surface area contributed by atoms with Gasteiger partial charge in [0.15, 0.2) is 0 Å². The van der Waals surface area contributed by atoms with E-state index in [-0.39, 0.29) is 0 Å². The molecule has 0 amide bonds. The average Bonchev–Trinajstić information content (AvgIpc) is 2.31. The lowest BCUT2D eigenvalue weighted by Crippen LogP contribution is -1.92. The first kappa shape index (κ1) is 11.9. The summed E-state index contributed by atoms with van der Waals surface area (Å²) in [6, 6.07) is 0. The summed E-state index contributed by atoms with van der Waals surface area (Å²) in [4.78, 5) is 0. The quantitative estimate of drug-likeness (QED) is 0.793. The van der Waals surface area contributed by atoms with E-state index in [0.29, 0.717) is 0 Å². The van der Waals surface area contributed by atoms with Gasteiger partial charge in [-0.1, -0.05) is 25.4 Å². The molecule has 0 radical (unpaired) electrons. The molecule has 0 unspecified atom stereocenters. The first-order chi connectivity index (χ1) is 6.52. The second kappa shape index (κ2) is 5.08. The van der Waals surface area contributed by atoms with Crippen molar-refractivity contribution in [2.45, 2.75) is 26.5 Å². The van der Waals surface area contributed by atoms with Gasteiger partial charge in [0.05, 0.1) is 5.69 Å². The molecular formula is C10H17ClN2S. The van der Waals surface area contributed by atoms with Crippen molar-refractivity contribution < 1.29 is 0 Å². The second-order valence-electron chi connectivity index (χ2n) is 3.89. The molecule has 0 aromatic carbocycles. The number of halogens is 1. The number of hydrogen-bond donors (Lipinski definition) is 0. The summed E-state index contributed by atoms with van der Waals surface area (Å²) in [5.74, 6) is 2.87. The van der Waals surface area contributed by atoms with Gasteiger partial charge in [-0.3, -0.25) is 4.68 Å². The van der Waals surface area contributed by atoms with Crippen LogP contribution in [0.25, 0.3) is 0 Å². The van der Waals surface area contributed by atoms with E-state index < -0.39 is 0 Å². The number of thioether (sulfide) groups is 1. The fourth-order valence-electron chi connectivity index (χ4n) is 1.23. The lowest BCUT2D eigenvalue weighted by atomic mass is 10.3. The lowest BCUT2D eigenvalue weighted by molar-refractivity contribution is 0.750. The van der Waals surface area contributed by atoms with Gasteiger partial charge in [0.1, 0.15) is 5.15 Å². The molecular weight excluding hydrogens is 216 g/mol. The van der Waals surface area contributed by atoms with Crippen LogP contribution in [0.5, 0.6) is 0 Å². The van der Waals surface area contributed by atoms with Gasteiger partial charge in [-0.05, 0) is 18.6 Å². The van der Waals surface area contributed by atoms with Gasteiger partial charge in [-0.25, -0.2) is 0 Å². The maximum absolute atomic E-state index is 6.12. The summed E-state index contributed by atoms with van der Waals surface area (Å²) in [7, 11) is 1.88. The molecule has 80 valence electrons. The van der Waals surface area contributed by atoms with Gasteiger partial charge in [-0.15, -0.1) is 0 Å². The predicted molar refractivity (Wildman–Crippen MR) is 64.0 cm³/mol. The standard InChI is InChI=1S/C10H17ClN2S/c1-7(2)5-14-6-9-8(3)12-13(4)10(9)11/h7H,5-6H2,1-4H3. The molecule has 0 saturated heterocycles. The van der Waals surface area contributed by atoms with E-state index in [1.807, 2.05) is 25.7 Å². The SMILES string of the molecule is Cc1nn(C)c(Cl)c1CSCC(C)C. The van der Waals surface area contributed by atoms with Crippen molar-refractivity contribution in [1.29, 1.82) is 0 Å². The van der Waals surface area contributed by atoms with Gasteiger partial charge < -0.3 is 0 Å². The molecule has 1 aromatic heterocycles. The minimum absolute atomic E-state index is 0.732. The van der Waals surface area contributed by atoms with Crippen LogP contribution in [0.3, 0.4) is 0 Å². The van der Waals surface area contributed by atoms with E-state index in [2.05, 4.69) is 18.9 Å². The predicted octanol–water partition coefficient (Wildman–Crippen LogP) is 3.27. The number of aromatic nitrogens is 2. The van der Waals surface area contributed by atoms with Crippen molar-refractivity contribution in [3.05, 3.63) is 16.4 Å². The van der Waals surface area contributed by atoms with E-state index in [4.69, 9.17) is 11.6 Å². The van der Waals surface area contributed by atoms with Crippen molar-refractivity contribution in [3.8, 4) is 0 Å². The molecule has 14 heavy (non-hydrogen) atoms. The Hall–Kier alpha value is -0.150. The molecule has 1 rings (SSSR count). The Morgan fingerprint density at radius 3 is 2.57 bits per heavy atom. The summed E-state index contributed by atoms with van der Waals surface area (Å²) in [6.07, 6.45) is 0. The second-order valence-corrected chi connectivity index (χ2v) is 5.28. The van der Waals surface area contributed by atoms with E-state index in [1.165, 1.54) is 11.3 Å². The summed E-state index contributed by atoms with van der Waals surface area (Å²) in [5.41, 5.74) is 2.23. The average molecular weight is 233 g/mol. The Kier molecular flexibility index (Phi) is 4.32. The highest BCUT2D eigenvalue weighted by molar-refractivity contribution is 7.98. The van der Waals surface area contributed by atoms with Gasteiger partial charge in [0, 0.05) is 18.4 Å². The number of nitrogens with zero attached hydrogens (tertiary/aromatic N) is 2. The van der Waals surface area contributed by atoms with Crippen LogP contribution in [0.15, 0.2) is 0 Å². The van der Waals surface area contributed by atoms with Crippen LogP contribution in [-0.4, -0.2) is 15.5 Å². The zero-order valence-electron chi connectivity index (χ0n) is 9.17. The topological polar surface area (TPSA) is 17.8 Å². The van der Waals surface area contributed by atoms with E-state index >= 15 is 0 Å². The Labute approximate surface area is 95.0 Å². The molecule has 4 heteroatoms. The molecule has 1 aromatic rings. The molecule has 0 aliphatic carbocycles.